The summed E-state index contributed by atoms with van der Waals surface area (Å²) in [7, 11) is 0. The van der Waals surface area contributed by atoms with Gasteiger partial charge in [-0.2, -0.15) is 0 Å². The summed E-state index contributed by atoms with van der Waals surface area (Å²) in [5, 5.41) is 3.11. The standard InChI is InChI=1S/C26H27N3O/c1-19-9-8-14-22-23(19)17-29(26(30)27-21-12-6-3-7-13-21)25-18-28(16-24(22)25)15-20-10-4-2-5-11-20/h2-14,24-25H,15-18H2,1H3,(H,27,30)/t24-,25+/m0/s1. The Labute approximate surface area is 178 Å². The minimum absolute atomic E-state index is 0.00772. The third-order valence-electron chi connectivity index (χ3n) is 6.47. The number of para-hydroxylation sites is 1. The molecule has 152 valence electrons. The van der Waals surface area contributed by atoms with Crippen molar-refractivity contribution in [2.45, 2.75) is 32.0 Å². The van der Waals surface area contributed by atoms with E-state index in [9.17, 15) is 4.79 Å². The second-order valence-electron chi connectivity index (χ2n) is 8.42. The van der Waals surface area contributed by atoms with E-state index in [0.29, 0.717) is 12.5 Å². The number of likely N-dealkylation sites (tertiary alicyclic amines) is 1. The molecule has 4 heteroatoms. The molecule has 0 aliphatic carbocycles. The molecule has 2 heterocycles. The third-order valence-corrected chi connectivity index (χ3v) is 6.47. The van der Waals surface area contributed by atoms with Gasteiger partial charge in [-0.3, -0.25) is 4.90 Å². The number of rotatable bonds is 3. The fourth-order valence-corrected chi connectivity index (χ4v) is 4.97. The minimum atomic E-state index is -0.00772. The van der Waals surface area contributed by atoms with Crippen LogP contribution in [-0.2, 0) is 13.1 Å². The van der Waals surface area contributed by atoms with Crippen LogP contribution in [-0.4, -0.2) is 35.0 Å². The SMILES string of the molecule is Cc1cccc2c1CN(C(=O)Nc1ccccc1)[C@@H]1CN(Cc3ccccc3)C[C@@H]21. The molecule has 4 nitrogen and oxygen atoms in total. The molecule has 3 aromatic rings. The Kier molecular flexibility index (Phi) is 5.01. The molecular formula is C26H27N3O. The van der Waals surface area contributed by atoms with Gasteiger partial charge in [-0.25, -0.2) is 4.79 Å². The first-order valence-corrected chi connectivity index (χ1v) is 10.7. The zero-order valence-corrected chi connectivity index (χ0v) is 17.3. The van der Waals surface area contributed by atoms with Crippen LogP contribution in [0.4, 0.5) is 10.5 Å². The van der Waals surface area contributed by atoms with Gasteiger partial charge in [0, 0.05) is 37.8 Å². The first-order valence-electron chi connectivity index (χ1n) is 10.7. The molecule has 2 atom stereocenters. The number of anilines is 1. The van der Waals surface area contributed by atoms with Crippen molar-refractivity contribution in [2.75, 3.05) is 18.4 Å². The molecule has 0 bridgehead atoms. The van der Waals surface area contributed by atoms with E-state index < -0.39 is 0 Å². The Morgan fingerprint density at radius 1 is 0.933 bits per heavy atom. The number of nitrogens with zero attached hydrogens (tertiary/aromatic N) is 2. The van der Waals surface area contributed by atoms with Crippen molar-refractivity contribution in [1.82, 2.24) is 9.80 Å². The summed E-state index contributed by atoms with van der Waals surface area (Å²) >= 11 is 0. The normalized spacial score (nSPS) is 20.5. The van der Waals surface area contributed by atoms with Gasteiger partial charge in [0.2, 0.25) is 0 Å². The van der Waals surface area contributed by atoms with Gasteiger partial charge in [-0.05, 0) is 41.3 Å². The first-order chi connectivity index (χ1) is 14.7. The summed E-state index contributed by atoms with van der Waals surface area (Å²) in [5.41, 5.74) is 6.16. The van der Waals surface area contributed by atoms with Crippen LogP contribution in [0, 0.1) is 6.92 Å². The second-order valence-corrected chi connectivity index (χ2v) is 8.42. The molecule has 0 aromatic heterocycles. The fourth-order valence-electron chi connectivity index (χ4n) is 4.97. The number of hydrogen-bond acceptors (Lipinski definition) is 2. The van der Waals surface area contributed by atoms with Crippen LogP contribution in [0.3, 0.4) is 0 Å². The number of aryl methyl sites for hydroxylation is 1. The van der Waals surface area contributed by atoms with Crippen molar-refractivity contribution in [1.29, 1.82) is 0 Å². The van der Waals surface area contributed by atoms with Crippen LogP contribution >= 0.6 is 0 Å². The Bertz CT molecular complexity index is 1030. The largest absolute Gasteiger partial charge is 0.322 e. The predicted molar refractivity (Wildman–Crippen MR) is 120 cm³/mol. The zero-order chi connectivity index (χ0) is 20.5. The number of carbonyl (C=O) groups is 1. The number of nitrogens with one attached hydrogen (secondary N) is 1. The highest BCUT2D eigenvalue weighted by atomic mass is 16.2. The number of hydrogen-bond donors (Lipinski definition) is 1. The Morgan fingerprint density at radius 2 is 1.67 bits per heavy atom. The number of fused-ring (bicyclic) bond motifs is 3. The molecule has 1 N–H and O–H groups in total. The van der Waals surface area contributed by atoms with Crippen molar-refractivity contribution in [3.63, 3.8) is 0 Å². The van der Waals surface area contributed by atoms with Gasteiger partial charge in [-0.1, -0.05) is 66.7 Å². The Morgan fingerprint density at radius 3 is 2.43 bits per heavy atom. The van der Waals surface area contributed by atoms with Gasteiger partial charge in [0.15, 0.2) is 0 Å². The molecule has 0 spiro atoms. The topological polar surface area (TPSA) is 35.6 Å². The van der Waals surface area contributed by atoms with Crippen molar-refractivity contribution < 1.29 is 4.79 Å². The van der Waals surface area contributed by atoms with E-state index in [4.69, 9.17) is 0 Å². The van der Waals surface area contributed by atoms with Crippen LogP contribution in [0.2, 0.25) is 0 Å². The maximum absolute atomic E-state index is 13.3. The molecule has 0 radical (unpaired) electrons. The highest BCUT2D eigenvalue weighted by Crippen LogP contribution is 2.40. The summed E-state index contributed by atoms with van der Waals surface area (Å²) < 4.78 is 0. The lowest BCUT2D eigenvalue weighted by atomic mass is 9.84. The van der Waals surface area contributed by atoms with Gasteiger partial charge in [0.25, 0.3) is 0 Å². The summed E-state index contributed by atoms with van der Waals surface area (Å²) in [6.45, 7) is 5.62. The smallest absolute Gasteiger partial charge is 0.315 e. The minimum Gasteiger partial charge on any atom is -0.315 e. The molecule has 2 amide bonds. The van der Waals surface area contributed by atoms with Crippen LogP contribution < -0.4 is 5.32 Å². The van der Waals surface area contributed by atoms with Gasteiger partial charge in [0.1, 0.15) is 0 Å². The third kappa shape index (κ3) is 3.59. The quantitative estimate of drug-likeness (QED) is 0.674. The molecule has 2 aliphatic heterocycles. The lowest BCUT2D eigenvalue weighted by Gasteiger charge is -2.39. The van der Waals surface area contributed by atoms with Gasteiger partial charge in [-0.15, -0.1) is 0 Å². The van der Waals surface area contributed by atoms with Crippen molar-refractivity contribution in [3.8, 4) is 0 Å². The number of amides is 2. The van der Waals surface area contributed by atoms with E-state index in [1.807, 2.05) is 30.3 Å². The molecule has 0 saturated carbocycles. The summed E-state index contributed by atoms with van der Waals surface area (Å²) in [6, 6.07) is 27.1. The maximum atomic E-state index is 13.3. The van der Waals surface area contributed by atoms with Gasteiger partial charge >= 0.3 is 6.03 Å². The molecule has 1 fully saturated rings. The fraction of sp³-hybridized carbons (Fsp3) is 0.269. The van der Waals surface area contributed by atoms with Gasteiger partial charge in [0.05, 0.1) is 6.04 Å². The van der Waals surface area contributed by atoms with Crippen LogP contribution in [0.25, 0.3) is 0 Å². The van der Waals surface area contributed by atoms with E-state index in [1.165, 1.54) is 22.3 Å². The average molecular weight is 398 g/mol. The van der Waals surface area contributed by atoms with E-state index >= 15 is 0 Å². The zero-order valence-electron chi connectivity index (χ0n) is 17.3. The van der Waals surface area contributed by atoms with E-state index in [2.05, 4.69) is 70.6 Å². The number of urea groups is 1. The van der Waals surface area contributed by atoms with Crippen LogP contribution in [0.5, 0.6) is 0 Å². The molecule has 3 aromatic carbocycles. The molecule has 1 saturated heterocycles. The van der Waals surface area contributed by atoms with E-state index in [0.717, 1.165) is 25.3 Å². The predicted octanol–water partition coefficient (Wildman–Crippen LogP) is 5.01. The van der Waals surface area contributed by atoms with E-state index in [-0.39, 0.29) is 12.1 Å². The Hall–Kier alpha value is -3.11. The summed E-state index contributed by atoms with van der Waals surface area (Å²) in [4.78, 5) is 17.8. The summed E-state index contributed by atoms with van der Waals surface area (Å²) in [5.74, 6) is 0.346. The monoisotopic (exact) mass is 397 g/mol. The number of benzene rings is 3. The lowest BCUT2D eigenvalue weighted by Crippen LogP contribution is -2.48. The molecule has 2 aliphatic rings. The molecule has 5 rings (SSSR count). The highest BCUT2D eigenvalue weighted by Gasteiger charge is 2.43. The summed E-state index contributed by atoms with van der Waals surface area (Å²) in [6.07, 6.45) is 0. The second kappa shape index (κ2) is 7.96. The average Bonchev–Trinajstić information content (AvgIpc) is 3.18. The molecular weight excluding hydrogens is 370 g/mol. The van der Waals surface area contributed by atoms with Crippen molar-refractivity contribution in [2.24, 2.45) is 0 Å². The van der Waals surface area contributed by atoms with Crippen molar-refractivity contribution in [3.05, 3.63) is 101 Å². The van der Waals surface area contributed by atoms with Crippen molar-refractivity contribution >= 4 is 11.7 Å². The molecule has 0 unspecified atom stereocenters. The van der Waals surface area contributed by atoms with Crippen LogP contribution in [0.15, 0.2) is 78.9 Å². The highest BCUT2D eigenvalue weighted by molar-refractivity contribution is 5.90. The first kappa shape index (κ1) is 18.9. The molecule has 30 heavy (non-hydrogen) atoms. The Balaban J connectivity index is 1.43. The van der Waals surface area contributed by atoms with E-state index in [1.54, 1.807) is 0 Å². The van der Waals surface area contributed by atoms with Gasteiger partial charge < -0.3 is 10.2 Å². The maximum Gasteiger partial charge on any atom is 0.322 e. The number of carbonyl (C=O) groups excluding carboxylic acids is 1. The lowest BCUT2D eigenvalue weighted by molar-refractivity contribution is 0.171. The van der Waals surface area contributed by atoms with Crippen LogP contribution in [0.1, 0.15) is 28.2 Å².